The van der Waals surface area contributed by atoms with Gasteiger partial charge in [-0.05, 0) is 30.2 Å². The third kappa shape index (κ3) is 2.88. The zero-order chi connectivity index (χ0) is 16.5. The van der Waals surface area contributed by atoms with E-state index in [1.807, 2.05) is 42.5 Å². The SMILES string of the molecule is CN(Cc1nccn1Cc1ccccc1)C(=O)C1CC2C=CC1C2. The number of hydrogen-bond donors (Lipinski definition) is 0. The molecule has 4 heteroatoms. The van der Waals surface area contributed by atoms with E-state index in [4.69, 9.17) is 0 Å². The summed E-state index contributed by atoms with van der Waals surface area (Å²) in [6, 6.07) is 10.3. The van der Waals surface area contributed by atoms with Crippen LogP contribution in [0.15, 0.2) is 54.9 Å². The van der Waals surface area contributed by atoms with Crippen LogP contribution in [-0.2, 0) is 17.9 Å². The molecule has 2 aliphatic carbocycles. The van der Waals surface area contributed by atoms with Gasteiger partial charge in [-0.3, -0.25) is 4.79 Å². The largest absolute Gasteiger partial charge is 0.338 e. The monoisotopic (exact) mass is 321 g/mol. The van der Waals surface area contributed by atoms with Gasteiger partial charge in [0.15, 0.2) is 0 Å². The van der Waals surface area contributed by atoms with Crippen LogP contribution in [0, 0.1) is 17.8 Å². The standard InChI is InChI=1S/C20H23N3O/c1-22(20(24)18-12-16-7-8-17(18)11-16)14-19-21-9-10-23(19)13-15-5-3-2-4-6-15/h2-10,16-18H,11-14H2,1H3. The summed E-state index contributed by atoms with van der Waals surface area (Å²) in [5, 5.41) is 0. The second-order valence-corrected chi connectivity index (χ2v) is 7.04. The Hall–Kier alpha value is -2.36. The number of rotatable bonds is 5. The van der Waals surface area contributed by atoms with Crippen LogP contribution in [0.25, 0.3) is 0 Å². The van der Waals surface area contributed by atoms with Gasteiger partial charge < -0.3 is 9.47 Å². The van der Waals surface area contributed by atoms with E-state index in [0.29, 0.717) is 18.4 Å². The van der Waals surface area contributed by atoms with Crippen molar-refractivity contribution >= 4 is 5.91 Å². The number of carbonyl (C=O) groups is 1. The fourth-order valence-electron chi connectivity index (χ4n) is 4.05. The Morgan fingerprint density at radius 2 is 2.08 bits per heavy atom. The van der Waals surface area contributed by atoms with Crippen LogP contribution in [0.4, 0.5) is 0 Å². The minimum Gasteiger partial charge on any atom is -0.338 e. The lowest BCUT2D eigenvalue weighted by Gasteiger charge is -2.24. The van der Waals surface area contributed by atoms with E-state index < -0.39 is 0 Å². The summed E-state index contributed by atoms with van der Waals surface area (Å²) in [7, 11) is 1.90. The fourth-order valence-corrected chi connectivity index (χ4v) is 4.05. The van der Waals surface area contributed by atoms with Crippen molar-refractivity contribution in [3.8, 4) is 0 Å². The van der Waals surface area contributed by atoms with Crippen molar-refractivity contribution in [2.75, 3.05) is 7.05 Å². The first-order valence-corrected chi connectivity index (χ1v) is 8.68. The number of allylic oxidation sites excluding steroid dienone is 2. The van der Waals surface area contributed by atoms with Crippen molar-refractivity contribution in [2.24, 2.45) is 17.8 Å². The van der Waals surface area contributed by atoms with Crippen LogP contribution in [0.5, 0.6) is 0 Å². The Labute approximate surface area is 142 Å². The third-order valence-electron chi connectivity index (χ3n) is 5.35. The van der Waals surface area contributed by atoms with E-state index in [1.54, 1.807) is 0 Å². The molecule has 0 N–H and O–H groups in total. The van der Waals surface area contributed by atoms with Crippen molar-refractivity contribution in [3.63, 3.8) is 0 Å². The lowest BCUT2D eigenvalue weighted by molar-refractivity contribution is -0.135. The van der Waals surface area contributed by atoms with E-state index in [2.05, 4.69) is 33.8 Å². The second kappa shape index (κ2) is 6.27. The van der Waals surface area contributed by atoms with E-state index in [1.165, 1.54) is 5.56 Å². The summed E-state index contributed by atoms with van der Waals surface area (Å²) in [4.78, 5) is 19.1. The van der Waals surface area contributed by atoms with Crippen LogP contribution in [0.1, 0.15) is 24.2 Å². The van der Waals surface area contributed by atoms with Gasteiger partial charge >= 0.3 is 0 Å². The topological polar surface area (TPSA) is 38.1 Å². The van der Waals surface area contributed by atoms with E-state index in [9.17, 15) is 4.79 Å². The molecule has 0 spiro atoms. The Bertz CT molecular complexity index is 749. The first-order chi connectivity index (χ1) is 11.7. The van der Waals surface area contributed by atoms with Gasteiger partial charge in [0.05, 0.1) is 6.54 Å². The predicted octanol–water partition coefficient (Wildman–Crippen LogP) is 3.10. The first-order valence-electron chi connectivity index (χ1n) is 8.68. The molecule has 1 heterocycles. The number of benzene rings is 1. The molecule has 124 valence electrons. The summed E-state index contributed by atoms with van der Waals surface area (Å²) in [5.74, 6) is 2.45. The Morgan fingerprint density at radius 3 is 2.79 bits per heavy atom. The number of amides is 1. The van der Waals surface area contributed by atoms with Gasteiger partial charge in [0.1, 0.15) is 5.82 Å². The lowest BCUT2D eigenvalue weighted by atomic mass is 9.92. The minimum atomic E-state index is 0.169. The molecule has 0 radical (unpaired) electrons. The minimum absolute atomic E-state index is 0.169. The molecule has 3 atom stereocenters. The van der Waals surface area contributed by atoms with Crippen molar-refractivity contribution in [1.29, 1.82) is 0 Å². The molecular formula is C20H23N3O. The smallest absolute Gasteiger partial charge is 0.226 e. The molecule has 1 aromatic heterocycles. The Balaban J connectivity index is 1.43. The highest BCUT2D eigenvalue weighted by molar-refractivity contribution is 5.79. The van der Waals surface area contributed by atoms with Crippen LogP contribution in [-0.4, -0.2) is 27.4 Å². The van der Waals surface area contributed by atoms with Crippen LogP contribution < -0.4 is 0 Å². The first kappa shape index (κ1) is 15.2. The van der Waals surface area contributed by atoms with Crippen LogP contribution in [0.2, 0.25) is 0 Å². The number of carbonyl (C=O) groups excluding carboxylic acids is 1. The highest BCUT2D eigenvalue weighted by Gasteiger charge is 2.40. The van der Waals surface area contributed by atoms with Crippen LogP contribution in [0.3, 0.4) is 0 Å². The number of nitrogens with zero attached hydrogens (tertiary/aromatic N) is 3. The fraction of sp³-hybridized carbons (Fsp3) is 0.400. The van der Waals surface area contributed by atoms with Crippen molar-refractivity contribution in [2.45, 2.75) is 25.9 Å². The molecule has 4 nitrogen and oxygen atoms in total. The second-order valence-electron chi connectivity index (χ2n) is 7.04. The zero-order valence-electron chi connectivity index (χ0n) is 14.0. The number of hydrogen-bond acceptors (Lipinski definition) is 2. The molecule has 1 aromatic carbocycles. The molecular weight excluding hydrogens is 298 g/mol. The molecule has 1 saturated carbocycles. The van der Waals surface area contributed by atoms with Gasteiger partial charge in [-0.1, -0.05) is 42.5 Å². The van der Waals surface area contributed by atoms with Crippen LogP contribution >= 0.6 is 0 Å². The summed E-state index contributed by atoms with van der Waals surface area (Å²) in [5.41, 5.74) is 1.24. The van der Waals surface area contributed by atoms with Gasteiger partial charge in [-0.25, -0.2) is 4.98 Å². The molecule has 1 amide bonds. The van der Waals surface area contributed by atoms with Gasteiger partial charge in [-0.15, -0.1) is 0 Å². The number of fused-ring (bicyclic) bond motifs is 2. The lowest BCUT2D eigenvalue weighted by Crippen LogP contribution is -2.35. The van der Waals surface area contributed by atoms with E-state index in [-0.39, 0.29) is 11.8 Å². The van der Waals surface area contributed by atoms with Crippen molar-refractivity contribution < 1.29 is 4.79 Å². The van der Waals surface area contributed by atoms with Crippen molar-refractivity contribution in [3.05, 3.63) is 66.3 Å². The normalized spacial score (nSPS) is 24.5. The molecule has 0 saturated heterocycles. The predicted molar refractivity (Wildman–Crippen MR) is 93.1 cm³/mol. The molecule has 2 aliphatic rings. The molecule has 24 heavy (non-hydrogen) atoms. The molecule has 0 aliphatic heterocycles. The Morgan fingerprint density at radius 1 is 1.25 bits per heavy atom. The van der Waals surface area contributed by atoms with Gasteiger partial charge in [-0.2, -0.15) is 0 Å². The molecule has 2 bridgehead atoms. The van der Waals surface area contributed by atoms with Gasteiger partial charge in [0, 0.05) is 31.9 Å². The third-order valence-corrected chi connectivity index (χ3v) is 5.35. The maximum absolute atomic E-state index is 12.8. The highest BCUT2D eigenvalue weighted by atomic mass is 16.2. The Kier molecular flexibility index (Phi) is 3.97. The summed E-state index contributed by atoms with van der Waals surface area (Å²) in [6.07, 6.45) is 10.5. The summed E-state index contributed by atoms with van der Waals surface area (Å²) in [6.45, 7) is 1.35. The quantitative estimate of drug-likeness (QED) is 0.794. The van der Waals surface area contributed by atoms with Gasteiger partial charge in [0.25, 0.3) is 0 Å². The molecule has 4 rings (SSSR count). The number of imidazole rings is 1. The zero-order valence-corrected chi connectivity index (χ0v) is 14.0. The average molecular weight is 321 g/mol. The molecule has 1 fully saturated rings. The summed E-state index contributed by atoms with van der Waals surface area (Å²) >= 11 is 0. The number of aromatic nitrogens is 2. The van der Waals surface area contributed by atoms with E-state index >= 15 is 0 Å². The molecule has 2 aromatic rings. The highest BCUT2D eigenvalue weighted by Crippen LogP contribution is 2.44. The molecule has 3 unspecified atom stereocenters. The maximum atomic E-state index is 12.8. The van der Waals surface area contributed by atoms with Gasteiger partial charge in [0.2, 0.25) is 5.91 Å². The average Bonchev–Trinajstić information content (AvgIpc) is 3.33. The summed E-state index contributed by atoms with van der Waals surface area (Å²) < 4.78 is 2.12. The van der Waals surface area contributed by atoms with E-state index in [0.717, 1.165) is 25.2 Å². The maximum Gasteiger partial charge on any atom is 0.226 e. The van der Waals surface area contributed by atoms with Crippen molar-refractivity contribution in [1.82, 2.24) is 14.5 Å².